The highest BCUT2D eigenvalue weighted by Crippen LogP contribution is 2.32. The summed E-state index contributed by atoms with van der Waals surface area (Å²) < 4.78 is 28.3. The molecule has 3 N–H and O–H groups in total. The van der Waals surface area contributed by atoms with Gasteiger partial charge in [-0.2, -0.15) is 5.10 Å². The van der Waals surface area contributed by atoms with Gasteiger partial charge in [-0.3, -0.25) is 14.7 Å². The summed E-state index contributed by atoms with van der Waals surface area (Å²) in [6, 6.07) is 11.5. The number of H-pyrrole nitrogens is 1. The highest BCUT2D eigenvalue weighted by Gasteiger charge is 2.19. The molecule has 1 atom stereocenters. The van der Waals surface area contributed by atoms with E-state index < -0.39 is 12.5 Å². The van der Waals surface area contributed by atoms with E-state index in [1.165, 1.54) is 6.20 Å². The van der Waals surface area contributed by atoms with Gasteiger partial charge in [-0.1, -0.05) is 18.2 Å². The summed E-state index contributed by atoms with van der Waals surface area (Å²) in [5.74, 6) is -0.226. The van der Waals surface area contributed by atoms with Crippen molar-refractivity contribution in [1.29, 1.82) is 0 Å². The molecule has 0 spiro atoms. The van der Waals surface area contributed by atoms with Crippen LogP contribution in [-0.4, -0.2) is 39.4 Å². The van der Waals surface area contributed by atoms with Crippen LogP contribution in [0.5, 0.6) is 0 Å². The second kappa shape index (κ2) is 9.56. The average Bonchev–Trinajstić information content (AvgIpc) is 3.35. The number of halogens is 2. The van der Waals surface area contributed by atoms with Crippen molar-refractivity contribution in [2.75, 3.05) is 13.7 Å². The summed E-state index contributed by atoms with van der Waals surface area (Å²) in [7, 11) is 1.55. The third-order valence-corrected chi connectivity index (χ3v) is 5.98. The molecule has 0 fully saturated rings. The molecule has 2 aromatic heterocycles. The predicted octanol–water partition coefficient (Wildman–Crippen LogP) is 3.83. The van der Waals surface area contributed by atoms with E-state index in [2.05, 4.69) is 15.5 Å². The molecule has 34 heavy (non-hydrogen) atoms. The molecule has 0 bridgehead atoms. The van der Waals surface area contributed by atoms with Crippen molar-refractivity contribution in [1.82, 2.24) is 20.1 Å². The summed E-state index contributed by atoms with van der Waals surface area (Å²) >= 11 is 0. The van der Waals surface area contributed by atoms with Gasteiger partial charge in [0.2, 0.25) is 0 Å². The van der Waals surface area contributed by atoms with Crippen LogP contribution in [0.25, 0.3) is 21.9 Å². The summed E-state index contributed by atoms with van der Waals surface area (Å²) in [5.41, 5.74) is 2.17. The fourth-order valence-electron chi connectivity index (χ4n) is 4.14. The Labute approximate surface area is 194 Å². The molecule has 0 aliphatic heterocycles. The maximum atomic E-state index is 13.4. The zero-order chi connectivity index (χ0) is 24.4. The fourth-order valence-corrected chi connectivity index (χ4v) is 4.14. The molecule has 0 saturated heterocycles. The van der Waals surface area contributed by atoms with E-state index in [1.54, 1.807) is 54.2 Å². The monoisotopic (exact) mass is 466 g/mol. The minimum absolute atomic E-state index is 0.147. The van der Waals surface area contributed by atoms with Crippen molar-refractivity contribution in [3.05, 3.63) is 87.6 Å². The number of fused-ring (bicyclic) bond motifs is 1. The Balaban J connectivity index is 1.85. The molecule has 1 unspecified atom stereocenters. The van der Waals surface area contributed by atoms with Crippen molar-refractivity contribution >= 4 is 16.7 Å². The Morgan fingerprint density at radius 1 is 1.21 bits per heavy atom. The first-order valence-electron chi connectivity index (χ1n) is 10.8. The van der Waals surface area contributed by atoms with Crippen LogP contribution in [0.1, 0.15) is 46.6 Å². The van der Waals surface area contributed by atoms with Gasteiger partial charge < -0.3 is 15.0 Å². The predicted molar refractivity (Wildman–Crippen MR) is 125 cm³/mol. The van der Waals surface area contributed by atoms with Crippen LogP contribution >= 0.6 is 0 Å². The van der Waals surface area contributed by atoms with Crippen LogP contribution in [0, 0.1) is 0 Å². The molecule has 0 radical (unpaired) electrons. The summed E-state index contributed by atoms with van der Waals surface area (Å²) in [5, 5.41) is 19.3. The number of hydrogen-bond donors (Lipinski definition) is 3. The lowest BCUT2D eigenvalue weighted by Gasteiger charge is -2.19. The molecule has 0 aliphatic rings. The number of hydrogen-bond acceptors (Lipinski definition) is 4. The SMILES string of the molecule is CNC(=O)c1cccc(C(C)n2cc(CCO)c3cc(-c4cn[nH]c4C(F)F)ccc3c2=O)c1. The number of alkyl halides is 2. The van der Waals surface area contributed by atoms with Crippen molar-refractivity contribution < 1.29 is 18.7 Å². The van der Waals surface area contributed by atoms with Gasteiger partial charge in [0.15, 0.2) is 0 Å². The Morgan fingerprint density at radius 3 is 2.71 bits per heavy atom. The number of nitrogens with zero attached hydrogens (tertiary/aromatic N) is 2. The number of carbonyl (C=O) groups excluding carboxylic acids is 1. The largest absolute Gasteiger partial charge is 0.396 e. The van der Waals surface area contributed by atoms with Crippen molar-refractivity contribution in [3.63, 3.8) is 0 Å². The maximum Gasteiger partial charge on any atom is 0.280 e. The number of aliphatic hydroxyl groups excluding tert-OH is 1. The number of aliphatic hydroxyl groups is 1. The molecular weight excluding hydrogens is 442 g/mol. The molecule has 4 rings (SSSR count). The molecule has 7 nitrogen and oxygen atoms in total. The number of benzene rings is 2. The van der Waals surface area contributed by atoms with E-state index >= 15 is 0 Å². The lowest BCUT2D eigenvalue weighted by molar-refractivity contribution is 0.0963. The van der Waals surface area contributed by atoms with Crippen LogP contribution in [0.15, 0.2) is 59.7 Å². The van der Waals surface area contributed by atoms with Gasteiger partial charge in [-0.05, 0) is 59.7 Å². The van der Waals surface area contributed by atoms with Crippen molar-refractivity contribution in [2.24, 2.45) is 0 Å². The first kappa shape index (κ1) is 23.3. The Hall–Kier alpha value is -3.85. The van der Waals surface area contributed by atoms with Crippen molar-refractivity contribution in [2.45, 2.75) is 25.8 Å². The zero-order valence-electron chi connectivity index (χ0n) is 18.7. The lowest BCUT2D eigenvalue weighted by atomic mass is 9.98. The Kier molecular flexibility index (Phi) is 6.56. The van der Waals surface area contributed by atoms with Gasteiger partial charge in [-0.15, -0.1) is 0 Å². The number of carbonyl (C=O) groups is 1. The molecular formula is C25H24F2N4O3. The number of amides is 1. The zero-order valence-corrected chi connectivity index (χ0v) is 18.7. The lowest BCUT2D eigenvalue weighted by Crippen LogP contribution is -2.25. The summed E-state index contributed by atoms with van der Waals surface area (Å²) in [4.78, 5) is 25.5. The van der Waals surface area contributed by atoms with E-state index in [0.717, 1.165) is 5.56 Å². The fraction of sp³-hybridized carbons (Fsp3) is 0.240. The molecule has 9 heteroatoms. The van der Waals surface area contributed by atoms with E-state index in [-0.39, 0.29) is 35.8 Å². The Bertz CT molecular complexity index is 1410. The smallest absolute Gasteiger partial charge is 0.280 e. The van der Waals surface area contributed by atoms with Crippen molar-refractivity contribution in [3.8, 4) is 11.1 Å². The van der Waals surface area contributed by atoms with Crippen LogP contribution in [0.3, 0.4) is 0 Å². The number of pyridine rings is 1. The standard InChI is InChI=1S/C25H24F2N4O3/c1-14(15-4-3-5-17(10-15)24(33)28-2)31-13-18(8-9-32)20-11-16(6-7-19(20)25(31)34)21-12-29-30-22(21)23(26)27/h3-7,10-14,23,32H,8-9H2,1-2H3,(H,28,33)(H,29,30). The van der Waals surface area contributed by atoms with Gasteiger partial charge in [-0.25, -0.2) is 8.78 Å². The topological polar surface area (TPSA) is 100 Å². The second-order valence-corrected chi connectivity index (χ2v) is 7.98. The first-order chi connectivity index (χ1) is 16.3. The van der Waals surface area contributed by atoms with Crippen LogP contribution in [0.4, 0.5) is 8.78 Å². The van der Waals surface area contributed by atoms with E-state index in [0.29, 0.717) is 27.5 Å². The maximum absolute atomic E-state index is 13.4. The van der Waals surface area contributed by atoms with E-state index in [1.807, 2.05) is 13.0 Å². The van der Waals surface area contributed by atoms with Crippen LogP contribution < -0.4 is 10.9 Å². The molecule has 176 valence electrons. The number of aromatic amines is 1. The average molecular weight is 466 g/mol. The van der Waals surface area contributed by atoms with E-state index in [4.69, 9.17) is 0 Å². The van der Waals surface area contributed by atoms with Gasteiger partial charge in [0, 0.05) is 36.4 Å². The highest BCUT2D eigenvalue weighted by atomic mass is 19.3. The number of nitrogens with one attached hydrogen (secondary N) is 2. The number of rotatable bonds is 7. The molecule has 0 aliphatic carbocycles. The highest BCUT2D eigenvalue weighted by molar-refractivity contribution is 5.94. The van der Waals surface area contributed by atoms with E-state index in [9.17, 15) is 23.5 Å². The second-order valence-electron chi connectivity index (χ2n) is 7.98. The first-order valence-corrected chi connectivity index (χ1v) is 10.8. The molecule has 0 saturated carbocycles. The number of aromatic nitrogens is 3. The third-order valence-electron chi connectivity index (χ3n) is 5.98. The molecule has 1 amide bonds. The minimum Gasteiger partial charge on any atom is -0.396 e. The summed E-state index contributed by atoms with van der Waals surface area (Å²) in [6.07, 6.45) is 0.574. The van der Waals surface area contributed by atoms with Gasteiger partial charge in [0.05, 0.1) is 12.2 Å². The Morgan fingerprint density at radius 2 is 2.00 bits per heavy atom. The van der Waals surface area contributed by atoms with Gasteiger partial charge in [0.1, 0.15) is 5.69 Å². The van der Waals surface area contributed by atoms with Crippen LogP contribution in [-0.2, 0) is 6.42 Å². The normalized spacial score (nSPS) is 12.3. The quantitative estimate of drug-likeness (QED) is 0.385. The molecule has 2 aromatic carbocycles. The third kappa shape index (κ3) is 4.22. The van der Waals surface area contributed by atoms with Crippen LogP contribution in [0.2, 0.25) is 0 Å². The molecule has 4 aromatic rings. The minimum atomic E-state index is -2.72. The molecule has 2 heterocycles. The summed E-state index contributed by atoms with van der Waals surface area (Å²) in [6.45, 7) is 1.71. The van der Waals surface area contributed by atoms with Gasteiger partial charge in [0.25, 0.3) is 17.9 Å². The van der Waals surface area contributed by atoms with Gasteiger partial charge >= 0.3 is 0 Å².